The number of benzene rings is 4. The molecule has 5 aromatic rings. The molecule has 0 fully saturated rings. The summed E-state index contributed by atoms with van der Waals surface area (Å²) in [5.74, 6) is 0.894. The minimum atomic E-state index is 0.894. The summed E-state index contributed by atoms with van der Waals surface area (Å²) < 4.78 is 6.50. The van der Waals surface area contributed by atoms with Gasteiger partial charge in [-0.3, -0.25) is 4.90 Å². The first-order chi connectivity index (χ1) is 15.2. The van der Waals surface area contributed by atoms with Crippen LogP contribution < -0.4 is 4.90 Å². The lowest BCUT2D eigenvalue weighted by atomic mass is 10.0. The van der Waals surface area contributed by atoms with E-state index in [9.17, 15) is 0 Å². The summed E-state index contributed by atoms with van der Waals surface area (Å²) in [6.45, 7) is 4.28. The molecule has 2 heterocycles. The van der Waals surface area contributed by atoms with Gasteiger partial charge in [0.05, 0.1) is 16.3 Å². The highest BCUT2D eigenvalue weighted by atomic mass is 32.2. The third-order valence-electron chi connectivity index (χ3n) is 5.78. The fraction of sp³-hybridized carbons (Fsp3) is 0.0714. The van der Waals surface area contributed by atoms with Crippen molar-refractivity contribution in [2.24, 2.45) is 0 Å². The molecule has 0 unspecified atom stereocenters. The maximum Gasteiger partial charge on any atom is 0.219 e. The van der Waals surface area contributed by atoms with Crippen molar-refractivity contribution in [2.75, 3.05) is 4.90 Å². The molecular formula is C28H21NOS. The van der Waals surface area contributed by atoms with E-state index < -0.39 is 0 Å². The number of fused-ring (bicyclic) bond motifs is 4. The number of para-hydroxylation sites is 1. The highest BCUT2D eigenvalue weighted by Gasteiger charge is 2.31. The normalized spacial score (nSPS) is 12.6. The molecule has 4 aromatic carbocycles. The van der Waals surface area contributed by atoms with Crippen LogP contribution in [-0.4, -0.2) is 0 Å². The standard InChI is InChI=1S/C28H21NOS/c1-18-13-15-25-22(16-18)27-28(30-25)29(24-14-12-19(2)17-26(24)31-27)23-11-7-6-10-21(23)20-8-4-3-5-9-20/h3-17H,1-2H3. The number of rotatable bonds is 2. The first-order valence-corrected chi connectivity index (χ1v) is 11.3. The van der Waals surface area contributed by atoms with E-state index >= 15 is 0 Å². The molecule has 1 aliphatic heterocycles. The van der Waals surface area contributed by atoms with E-state index in [0.717, 1.165) is 22.8 Å². The number of nitrogens with zero attached hydrogens (tertiary/aromatic N) is 1. The monoisotopic (exact) mass is 419 g/mol. The lowest BCUT2D eigenvalue weighted by Crippen LogP contribution is -2.14. The van der Waals surface area contributed by atoms with Crippen LogP contribution in [0.25, 0.3) is 22.1 Å². The maximum absolute atomic E-state index is 6.50. The van der Waals surface area contributed by atoms with E-state index in [1.807, 2.05) is 0 Å². The zero-order valence-electron chi connectivity index (χ0n) is 17.4. The first kappa shape index (κ1) is 18.3. The van der Waals surface area contributed by atoms with Crippen molar-refractivity contribution in [1.29, 1.82) is 0 Å². The Hall–Kier alpha value is -3.43. The van der Waals surface area contributed by atoms with Crippen LogP contribution in [-0.2, 0) is 0 Å². The molecule has 1 aromatic heterocycles. The third kappa shape index (κ3) is 2.96. The van der Waals surface area contributed by atoms with Gasteiger partial charge in [0, 0.05) is 15.8 Å². The Morgan fingerprint density at radius 2 is 1.45 bits per heavy atom. The fourth-order valence-corrected chi connectivity index (χ4v) is 5.52. The van der Waals surface area contributed by atoms with E-state index in [2.05, 4.69) is 110 Å². The van der Waals surface area contributed by atoms with Crippen LogP contribution in [0, 0.1) is 13.8 Å². The third-order valence-corrected chi connectivity index (χ3v) is 6.93. The van der Waals surface area contributed by atoms with Crippen LogP contribution in [0.15, 0.2) is 105 Å². The number of hydrogen-bond acceptors (Lipinski definition) is 3. The maximum atomic E-state index is 6.50. The molecule has 0 N–H and O–H groups in total. The molecule has 0 atom stereocenters. The van der Waals surface area contributed by atoms with Gasteiger partial charge < -0.3 is 4.42 Å². The van der Waals surface area contributed by atoms with Crippen molar-refractivity contribution in [3.05, 3.63) is 102 Å². The van der Waals surface area contributed by atoms with Crippen molar-refractivity contribution in [3.8, 4) is 11.1 Å². The zero-order chi connectivity index (χ0) is 20.9. The van der Waals surface area contributed by atoms with Crippen LogP contribution in [0.4, 0.5) is 17.3 Å². The summed E-state index contributed by atoms with van der Waals surface area (Å²) in [5.41, 5.74) is 8.08. The van der Waals surface area contributed by atoms with Gasteiger partial charge in [-0.05, 0) is 55.3 Å². The zero-order valence-corrected chi connectivity index (χ0v) is 18.2. The van der Waals surface area contributed by atoms with Crippen LogP contribution in [0.3, 0.4) is 0 Å². The predicted octanol–water partition coefficient (Wildman–Crippen LogP) is 8.65. The van der Waals surface area contributed by atoms with Crippen molar-refractivity contribution < 1.29 is 4.42 Å². The summed E-state index contributed by atoms with van der Waals surface area (Å²) in [7, 11) is 0. The van der Waals surface area contributed by atoms with Gasteiger partial charge in [-0.25, -0.2) is 0 Å². The van der Waals surface area contributed by atoms with Crippen LogP contribution in [0.2, 0.25) is 0 Å². The Labute approximate surface area is 186 Å². The Morgan fingerprint density at radius 3 is 2.32 bits per heavy atom. The summed E-state index contributed by atoms with van der Waals surface area (Å²) in [5, 5.41) is 1.18. The molecule has 150 valence electrons. The molecule has 31 heavy (non-hydrogen) atoms. The molecule has 1 aliphatic rings. The molecule has 0 amide bonds. The molecule has 0 saturated carbocycles. The fourth-order valence-electron chi connectivity index (χ4n) is 4.30. The second-order valence-corrected chi connectivity index (χ2v) is 9.08. The molecule has 0 bridgehead atoms. The van der Waals surface area contributed by atoms with E-state index in [1.54, 1.807) is 11.8 Å². The minimum absolute atomic E-state index is 0.894. The topological polar surface area (TPSA) is 16.4 Å². The molecule has 3 heteroatoms. The quantitative estimate of drug-likeness (QED) is 0.279. The summed E-state index contributed by atoms with van der Waals surface area (Å²) in [4.78, 5) is 4.72. The summed E-state index contributed by atoms with van der Waals surface area (Å²) in [6.07, 6.45) is 0. The van der Waals surface area contributed by atoms with Gasteiger partial charge in [-0.2, -0.15) is 0 Å². The van der Waals surface area contributed by atoms with Gasteiger partial charge in [-0.15, -0.1) is 0 Å². The van der Waals surface area contributed by atoms with Crippen molar-refractivity contribution >= 4 is 40.0 Å². The average molecular weight is 420 g/mol. The molecule has 6 rings (SSSR count). The summed E-state index contributed by atoms with van der Waals surface area (Å²) in [6, 6.07) is 32.2. The predicted molar refractivity (Wildman–Crippen MR) is 130 cm³/mol. The van der Waals surface area contributed by atoms with Gasteiger partial charge in [0.25, 0.3) is 0 Å². The second kappa shape index (κ2) is 7.07. The van der Waals surface area contributed by atoms with E-state index in [-0.39, 0.29) is 0 Å². The van der Waals surface area contributed by atoms with Crippen LogP contribution >= 0.6 is 11.8 Å². The Kier molecular flexibility index (Phi) is 4.18. The number of anilines is 3. The Morgan fingerprint density at radius 1 is 0.710 bits per heavy atom. The first-order valence-electron chi connectivity index (χ1n) is 10.5. The van der Waals surface area contributed by atoms with Gasteiger partial charge in [0.2, 0.25) is 5.88 Å². The molecule has 0 saturated heterocycles. The SMILES string of the molecule is Cc1ccc2c(c1)Sc1c(oc3ccc(C)cc13)N2c1ccccc1-c1ccccc1. The van der Waals surface area contributed by atoms with Crippen molar-refractivity contribution in [3.63, 3.8) is 0 Å². The summed E-state index contributed by atoms with van der Waals surface area (Å²) >= 11 is 1.81. The highest BCUT2D eigenvalue weighted by Crippen LogP contribution is 2.56. The largest absolute Gasteiger partial charge is 0.439 e. The van der Waals surface area contributed by atoms with Crippen LogP contribution in [0.1, 0.15) is 11.1 Å². The van der Waals surface area contributed by atoms with E-state index in [1.165, 1.54) is 37.4 Å². The van der Waals surface area contributed by atoms with Gasteiger partial charge in [0.1, 0.15) is 5.58 Å². The van der Waals surface area contributed by atoms with E-state index in [0.29, 0.717) is 0 Å². The molecule has 0 aliphatic carbocycles. The lowest BCUT2D eigenvalue weighted by Gasteiger charge is -2.31. The second-order valence-electron chi connectivity index (χ2n) is 8.03. The van der Waals surface area contributed by atoms with Gasteiger partial charge in [0.15, 0.2) is 0 Å². The van der Waals surface area contributed by atoms with E-state index in [4.69, 9.17) is 4.42 Å². The molecule has 0 spiro atoms. The smallest absolute Gasteiger partial charge is 0.219 e. The molecule has 0 radical (unpaired) electrons. The molecule has 2 nitrogen and oxygen atoms in total. The van der Waals surface area contributed by atoms with Crippen molar-refractivity contribution in [2.45, 2.75) is 23.6 Å². The molecular weight excluding hydrogens is 398 g/mol. The minimum Gasteiger partial charge on any atom is -0.439 e. The van der Waals surface area contributed by atoms with Crippen molar-refractivity contribution in [1.82, 2.24) is 0 Å². The van der Waals surface area contributed by atoms with Gasteiger partial charge in [-0.1, -0.05) is 78.0 Å². The van der Waals surface area contributed by atoms with Gasteiger partial charge >= 0.3 is 0 Å². The number of aryl methyl sites for hydroxylation is 2. The highest BCUT2D eigenvalue weighted by molar-refractivity contribution is 8.00. The Balaban J connectivity index is 1.66. The number of furan rings is 1. The van der Waals surface area contributed by atoms with Crippen LogP contribution in [0.5, 0.6) is 0 Å². The number of hydrogen-bond donors (Lipinski definition) is 0. The Bertz CT molecular complexity index is 1430. The average Bonchev–Trinajstić information content (AvgIpc) is 3.15. The lowest BCUT2D eigenvalue weighted by molar-refractivity contribution is 0.612.